The second-order valence-corrected chi connectivity index (χ2v) is 6.67. The zero-order valence-corrected chi connectivity index (χ0v) is 13.9. The fourth-order valence-corrected chi connectivity index (χ4v) is 3.24. The minimum absolute atomic E-state index is 0.201. The van der Waals surface area contributed by atoms with Crippen molar-refractivity contribution in [3.05, 3.63) is 49.1 Å². The van der Waals surface area contributed by atoms with Crippen LogP contribution in [0.15, 0.2) is 43.5 Å². The molecule has 6 nitrogen and oxygen atoms in total. The Kier molecular flexibility index (Phi) is 6.02. The number of fused-ring (bicyclic) bond motifs is 1. The van der Waals surface area contributed by atoms with E-state index in [1.165, 1.54) is 0 Å². The largest absolute Gasteiger partial charge is 0.524 e. The van der Waals surface area contributed by atoms with Crippen molar-refractivity contribution in [1.82, 2.24) is 4.90 Å². The SMILES string of the molecule is C=CCN(CC=C)CCC1CNc2c(OP(=O)(O)O)cccc21. The van der Waals surface area contributed by atoms with Gasteiger partial charge in [-0.25, -0.2) is 4.57 Å². The first-order chi connectivity index (χ1) is 10.9. The van der Waals surface area contributed by atoms with E-state index in [-0.39, 0.29) is 11.7 Å². The monoisotopic (exact) mass is 338 g/mol. The molecule has 3 N–H and O–H groups in total. The second-order valence-electron chi connectivity index (χ2n) is 5.51. The first-order valence-electron chi connectivity index (χ1n) is 7.50. The van der Waals surface area contributed by atoms with Crippen LogP contribution in [0.1, 0.15) is 17.9 Å². The number of para-hydroxylation sites is 1. The maximum absolute atomic E-state index is 11.1. The van der Waals surface area contributed by atoms with E-state index < -0.39 is 7.82 Å². The molecule has 0 amide bonds. The Hall–Kier alpha value is -1.59. The van der Waals surface area contributed by atoms with Gasteiger partial charge < -0.3 is 9.84 Å². The third-order valence-corrected chi connectivity index (χ3v) is 4.24. The molecule has 0 saturated carbocycles. The standard InChI is InChI=1S/C16H23N2O4P/c1-3-9-18(10-4-2)11-8-13-12-17-16-14(13)6-5-7-15(16)22-23(19,20)21/h3-7,13,17H,1-2,8-12H2,(H2,19,20,21). The van der Waals surface area contributed by atoms with Crippen molar-refractivity contribution in [2.45, 2.75) is 12.3 Å². The first-order valence-corrected chi connectivity index (χ1v) is 9.03. The number of phosphoric ester groups is 1. The summed E-state index contributed by atoms with van der Waals surface area (Å²) in [5, 5.41) is 3.20. The number of benzene rings is 1. The molecule has 0 bridgehead atoms. The molecule has 1 aromatic carbocycles. The average molecular weight is 338 g/mol. The van der Waals surface area contributed by atoms with Gasteiger partial charge in [0.15, 0.2) is 5.75 Å². The normalized spacial score (nSPS) is 16.7. The molecule has 126 valence electrons. The zero-order valence-electron chi connectivity index (χ0n) is 13.0. The lowest BCUT2D eigenvalue weighted by atomic mass is 9.97. The number of nitrogens with one attached hydrogen (secondary N) is 1. The van der Waals surface area contributed by atoms with Crippen LogP contribution in [0, 0.1) is 0 Å². The van der Waals surface area contributed by atoms with Gasteiger partial charge in [0.1, 0.15) is 0 Å². The maximum Gasteiger partial charge on any atom is 0.524 e. The Morgan fingerprint density at radius 1 is 1.35 bits per heavy atom. The van der Waals surface area contributed by atoms with E-state index in [9.17, 15) is 4.57 Å². The summed E-state index contributed by atoms with van der Waals surface area (Å²) >= 11 is 0. The zero-order chi connectivity index (χ0) is 16.9. The van der Waals surface area contributed by atoms with Crippen LogP contribution in [-0.4, -0.2) is 40.9 Å². The van der Waals surface area contributed by atoms with Gasteiger partial charge in [-0.3, -0.25) is 14.7 Å². The minimum Gasteiger partial charge on any atom is -0.402 e. The quantitative estimate of drug-likeness (QED) is 0.474. The molecular weight excluding hydrogens is 315 g/mol. The minimum atomic E-state index is -4.56. The second kappa shape index (κ2) is 7.79. The van der Waals surface area contributed by atoms with E-state index in [0.29, 0.717) is 5.69 Å². The van der Waals surface area contributed by atoms with Crippen LogP contribution >= 0.6 is 7.82 Å². The van der Waals surface area contributed by atoms with E-state index in [4.69, 9.17) is 14.3 Å². The molecule has 2 rings (SSSR count). The fourth-order valence-electron chi connectivity index (χ4n) is 2.84. The molecule has 7 heteroatoms. The molecule has 0 fully saturated rings. The number of anilines is 1. The van der Waals surface area contributed by atoms with Gasteiger partial charge in [-0.05, 0) is 24.6 Å². The van der Waals surface area contributed by atoms with Crippen LogP contribution in [0.2, 0.25) is 0 Å². The highest BCUT2D eigenvalue weighted by molar-refractivity contribution is 7.46. The van der Waals surface area contributed by atoms with Gasteiger partial charge in [0, 0.05) is 25.6 Å². The highest BCUT2D eigenvalue weighted by Gasteiger charge is 2.27. The lowest BCUT2D eigenvalue weighted by Gasteiger charge is -2.21. The molecule has 0 aliphatic carbocycles. The molecule has 0 saturated heterocycles. The molecule has 0 spiro atoms. The van der Waals surface area contributed by atoms with Crippen molar-refractivity contribution in [1.29, 1.82) is 0 Å². The van der Waals surface area contributed by atoms with Crippen LogP contribution in [0.3, 0.4) is 0 Å². The van der Waals surface area contributed by atoms with Gasteiger partial charge in [-0.15, -0.1) is 13.2 Å². The Balaban J connectivity index is 2.07. The number of rotatable bonds is 9. The highest BCUT2D eigenvalue weighted by atomic mass is 31.2. The fraction of sp³-hybridized carbons (Fsp3) is 0.375. The predicted octanol–water partition coefficient (Wildman–Crippen LogP) is 2.73. The Morgan fingerprint density at radius 3 is 2.65 bits per heavy atom. The summed E-state index contributed by atoms with van der Waals surface area (Å²) in [6.07, 6.45) is 4.67. The molecule has 1 heterocycles. The van der Waals surface area contributed by atoms with Gasteiger partial charge in [0.2, 0.25) is 0 Å². The van der Waals surface area contributed by atoms with E-state index in [1.54, 1.807) is 12.1 Å². The first kappa shape index (κ1) is 17.8. The molecule has 0 aromatic heterocycles. The summed E-state index contributed by atoms with van der Waals surface area (Å²) in [6, 6.07) is 5.29. The van der Waals surface area contributed by atoms with E-state index in [0.717, 1.165) is 38.2 Å². The summed E-state index contributed by atoms with van der Waals surface area (Å²) in [5.74, 6) is 0.481. The Bertz CT molecular complexity index is 604. The summed E-state index contributed by atoms with van der Waals surface area (Å²) in [5.41, 5.74) is 1.72. The van der Waals surface area contributed by atoms with Crippen molar-refractivity contribution in [3.63, 3.8) is 0 Å². The lowest BCUT2D eigenvalue weighted by Crippen LogP contribution is -2.26. The number of nitrogens with zero attached hydrogens (tertiary/aromatic N) is 1. The highest BCUT2D eigenvalue weighted by Crippen LogP contribution is 2.46. The Morgan fingerprint density at radius 2 is 2.04 bits per heavy atom. The third-order valence-electron chi connectivity index (χ3n) is 3.81. The topological polar surface area (TPSA) is 82.0 Å². The van der Waals surface area contributed by atoms with Crippen LogP contribution in [-0.2, 0) is 4.57 Å². The number of hydrogen-bond acceptors (Lipinski definition) is 4. The van der Waals surface area contributed by atoms with E-state index in [2.05, 4.69) is 23.4 Å². The van der Waals surface area contributed by atoms with E-state index in [1.807, 2.05) is 18.2 Å². The predicted molar refractivity (Wildman–Crippen MR) is 91.8 cm³/mol. The summed E-state index contributed by atoms with van der Waals surface area (Å²) < 4.78 is 15.8. The van der Waals surface area contributed by atoms with Crippen LogP contribution in [0.5, 0.6) is 5.75 Å². The summed E-state index contributed by atoms with van der Waals surface area (Å²) in [4.78, 5) is 20.2. The molecule has 1 aromatic rings. The van der Waals surface area contributed by atoms with Gasteiger partial charge in [0.05, 0.1) is 5.69 Å². The molecule has 1 aliphatic rings. The van der Waals surface area contributed by atoms with Gasteiger partial charge >= 0.3 is 7.82 Å². The van der Waals surface area contributed by atoms with Crippen LogP contribution in [0.25, 0.3) is 0 Å². The smallest absolute Gasteiger partial charge is 0.402 e. The van der Waals surface area contributed by atoms with Crippen molar-refractivity contribution in [3.8, 4) is 5.75 Å². The lowest BCUT2D eigenvalue weighted by molar-refractivity contribution is 0.283. The van der Waals surface area contributed by atoms with Crippen LogP contribution in [0.4, 0.5) is 5.69 Å². The Labute approximate surface area is 136 Å². The summed E-state index contributed by atoms with van der Waals surface area (Å²) in [7, 11) is -4.56. The van der Waals surface area contributed by atoms with Gasteiger partial charge in [-0.2, -0.15) is 0 Å². The third kappa shape index (κ3) is 4.94. The van der Waals surface area contributed by atoms with Gasteiger partial charge in [-0.1, -0.05) is 24.3 Å². The van der Waals surface area contributed by atoms with Crippen molar-refractivity contribution in [2.24, 2.45) is 0 Å². The molecule has 1 aliphatic heterocycles. The van der Waals surface area contributed by atoms with Crippen molar-refractivity contribution >= 4 is 13.5 Å². The average Bonchev–Trinajstić information content (AvgIpc) is 2.88. The number of phosphoric acid groups is 1. The van der Waals surface area contributed by atoms with Crippen molar-refractivity contribution in [2.75, 3.05) is 31.5 Å². The molecule has 1 atom stereocenters. The van der Waals surface area contributed by atoms with Gasteiger partial charge in [0.25, 0.3) is 0 Å². The van der Waals surface area contributed by atoms with Crippen LogP contribution < -0.4 is 9.84 Å². The summed E-state index contributed by atoms with van der Waals surface area (Å²) in [6.45, 7) is 10.8. The number of hydrogen-bond donors (Lipinski definition) is 3. The molecular formula is C16H23N2O4P. The molecule has 0 radical (unpaired) electrons. The van der Waals surface area contributed by atoms with E-state index >= 15 is 0 Å². The molecule has 1 unspecified atom stereocenters. The molecule has 23 heavy (non-hydrogen) atoms. The van der Waals surface area contributed by atoms with Crippen molar-refractivity contribution < 1.29 is 18.9 Å². The maximum atomic E-state index is 11.1.